The number of carbonyl (C=O) groups is 2. The number of fused-ring (bicyclic) bond motifs is 1. The molecule has 0 aliphatic heterocycles. The van der Waals surface area contributed by atoms with Crippen LogP contribution in [0, 0.1) is 0 Å². The number of carbonyl (C=O) groups excluding carboxylic acids is 2. The summed E-state index contributed by atoms with van der Waals surface area (Å²) in [6.07, 6.45) is 5.20. The molecule has 2 aromatic rings. The van der Waals surface area contributed by atoms with Crippen molar-refractivity contribution in [2.75, 3.05) is 13.2 Å². The van der Waals surface area contributed by atoms with Gasteiger partial charge in [-0.15, -0.1) is 0 Å². The number of aryl methyl sites for hydroxylation is 1. The molecule has 0 unspecified atom stereocenters. The summed E-state index contributed by atoms with van der Waals surface area (Å²) in [4.78, 5) is 23.2. The normalized spacial score (nSPS) is 10.7. The van der Waals surface area contributed by atoms with Crippen molar-refractivity contribution in [2.45, 2.75) is 26.8 Å². The first-order valence-electron chi connectivity index (χ1n) is 6.52. The molecule has 0 spiro atoms. The highest BCUT2D eigenvalue weighted by Gasteiger charge is 2.17. The molecule has 2 rings (SSSR count). The van der Waals surface area contributed by atoms with Gasteiger partial charge in [0, 0.05) is 18.9 Å². The molecule has 20 heavy (non-hydrogen) atoms. The van der Waals surface area contributed by atoms with E-state index in [9.17, 15) is 9.59 Å². The Morgan fingerprint density at radius 2 is 1.95 bits per heavy atom. The first-order chi connectivity index (χ1) is 9.67. The molecule has 108 valence electrons. The third kappa shape index (κ3) is 2.81. The molecular weight excluding hydrogens is 262 g/mol. The SMILES string of the molecule is CCOC(=O)CCn1ccn2ncc(C(=O)OCC)c12. The molecule has 0 aliphatic rings. The van der Waals surface area contributed by atoms with Crippen molar-refractivity contribution < 1.29 is 19.1 Å². The molecule has 0 bridgehead atoms. The minimum absolute atomic E-state index is 0.242. The van der Waals surface area contributed by atoms with Gasteiger partial charge in [0.05, 0.1) is 25.8 Å². The Bertz CT molecular complexity index is 614. The van der Waals surface area contributed by atoms with Crippen LogP contribution in [0.1, 0.15) is 30.6 Å². The molecule has 7 nitrogen and oxygen atoms in total. The Morgan fingerprint density at radius 3 is 2.65 bits per heavy atom. The molecule has 0 fully saturated rings. The molecule has 7 heteroatoms. The molecule has 0 saturated carbocycles. The maximum atomic E-state index is 11.8. The van der Waals surface area contributed by atoms with E-state index >= 15 is 0 Å². The van der Waals surface area contributed by atoms with Crippen molar-refractivity contribution in [1.82, 2.24) is 14.2 Å². The molecule has 0 radical (unpaired) electrons. The molecule has 2 heterocycles. The van der Waals surface area contributed by atoms with Crippen LogP contribution in [0.4, 0.5) is 0 Å². The lowest BCUT2D eigenvalue weighted by Crippen LogP contribution is -2.10. The first kappa shape index (κ1) is 14.1. The van der Waals surface area contributed by atoms with Gasteiger partial charge in [0.25, 0.3) is 0 Å². The third-order valence-corrected chi connectivity index (χ3v) is 2.79. The second-order valence-corrected chi connectivity index (χ2v) is 4.09. The Morgan fingerprint density at radius 1 is 1.20 bits per heavy atom. The van der Waals surface area contributed by atoms with Crippen molar-refractivity contribution in [3.8, 4) is 0 Å². The van der Waals surface area contributed by atoms with E-state index in [-0.39, 0.29) is 12.4 Å². The zero-order valence-corrected chi connectivity index (χ0v) is 11.5. The lowest BCUT2D eigenvalue weighted by molar-refractivity contribution is -0.143. The monoisotopic (exact) mass is 279 g/mol. The summed E-state index contributed by atoms with van der Waals surface area (Å²) in [5.41, 5.74) is 1.01. The van der Waals surface area contributed by atoms with Gasteiger partial charge in [-0.2, -0.15) is 5.10 Å². The zero-order valence-electron chi connectivity index (χ0n) is 11.5. The largest absolute Gasteiger partial charge is 0.466 e. The molecular formula is C13H17N3O4. The van der Waals surface area contributed by atoms with Gasteiger partial charge in [-0.3, -0.25) is 4.79 Å². The number of nitrogens with zero attached hydrogens (tertiary/aromatic N) is 3. The van der Waals surface area contributed by atoms with Crippen LogP contribution in [0.2, 0.25) is 0 Å². The number of aromatic nitrogens is 3. The second-order valence-electron chi connectivity index (χ2n) is 4.09. The molecule has 0 saturated heterocycles. The summed E-state index contributed by atoms with van der Waals surface area (Å²) in [5.74, 6) is -0.685. The molecule has 0 atom stereocenters. The zero-order chi connectivity index (χ0) is 14.5. The predicted molar refractivity (Wildman–Crippen MR) is 70.4 cm³/mol. The summed E-state index contributed by atoms with van der Waals surface area (Å²) >= 11 is 0. The highest BCUT2D eigenvalue weighted by atomic mass is 16.5. The standard InChI is InChI=1S/C13H17N3O4/c1-3-19-11(17)5-6-15-7-8-16-12(15)10(9-14-16)13(18)20-4-2/h7-9H,3-6H2,1-2H3. The summed E-state index contributed by atoms with van der Waals surface area (Å²) in [7, 11) is 0. The smallest absolute Gasteiger partial charge is 0.343 e. The minimum atomic E-state index is -0.418. The van der Waals surface area contributed by atoms with E-state index in [1.807, 2.05) is 0 Å². The van der Waals surface area contributed by atoms with Crippen LogP contribution in [0.15, 0.2) is 18.6 Å². The Labute approximate surface area is 116 Å². The van der Waals surface area contributed by atoms with Gasteiger partial charge in [0.1, 0.15) is 11.2 Å². The lowest BCUT2D eigenvalue weighted by atomic mass is 10.3. The van der Waals surface area contributed by atoms with E-state index in [1.54, 1.807) is 35.3 Å². The summed E-state index contributed by atoms with van der Waals surface area (Å²) in [6, 6.07) is 0. The number of hydrogen-bond donors (Lipinski definition) is 0. The van der Waals surface area contributed by atoms with E-state index < -0.39 is 5.97 Å². The van der Waals surface area contributed by atoms with Gasteiger partial charge in [0.15, 0.2) is 0 Å². The van der Waals surface area contributed by atoms with Gasteiger partial charge in [-0.05, 0) is 13.8 Å². The summed E-state index contributed by atoms with van der Waals surface area (Å²) in [5, 5.41) is 4.08. The van der Waals surface area contributed by atoms with E-state index in [2.05, 4.69) is 5.10 Å². The topological polar surface area (TPSA) is 74.8 Å². The molecule has 0 aliphatic carbocycles. The minimum Gasteiger partial charge on any atom is -0.466 e. The average Bonchev–Trinajstić information content (AvgIpc) is 2.98. The van der Waals surface area contributed by atoms with Crippen LogP contribution >= 0.6 is 0 Å². The second kappa shape index (κ2) is 6.23. The van der Waals surface area contributed by atoms with Crippen LogP contribution in [0.25, 0.3) is 5.65 Å². The lowest BCUT2D eigenvalue weighted by Gasteiger charge is -2.05. The number of imidazole rings is 1. The number of rotatable bonds is 6. The van der Waals surface area contributed by atoms with Crippen LogP contribution < -0.4 is 0 Å². The number of hydrogen-bond acceptors (Lipinski definition) is 5. The fraction of sp³-hybridized carbons (Fsp3) is 0.462. The van der Waals surface area contributed by atoms with Gasteiger partial charge in [0.2, 0.25) is 0 Å². The quantitative estimate of drug-likeness (QED) is 0.744. The fourth-order valence-corrected chi connectivity index (χ4v) is 1.94. The van der Waals surface area contributed by atoms with Crippen molar-refractivity contribution in [1.29, 1.82) is 0 Å². The number of ether oxygens (including phenoxy) is 2. The summed E-state index contributed by atoms with van der Waals surface area (Å²) in [6.45, 7) is 4.60. The Kier molecular flexibility index (Phi) is 4.39. The fourth-order valence-electron chi connectivity index (χ4n) is 1.94. The van der Waals surface area contributed by atoms with E-state index in [0.29, 0.717) is 31.0 Å². The highest BCUT2D eigenvalue weighted by molar-refractivity contribution is 5.95. The van der Waals surface area contributed by atoms with Crippen molar-refractivity contribution in [3.05, 3.63) is 24.2 Å². The molecule has 0 aromatic carbocycles. The number of esters is 2. The van der Waals surface area contributed by atoms with Gasteiger partial charge >= 0.3 is 11.9 Å². The molecule has 2 aromatic heterocycles. The van der Waals surface area contributed by atoms with Crippen molar-refractivity contribution >= 4 is 17.6 Å². The van der Waals surface area contributed by atoms with Crippen molar-refractivity contribution in [2.24, 2.45) is 0 Å². The van der Waals surface area contributed by atoms with Gasteiger partial charge in [-0.1, -0.05) is 0 Å². The first-order valence-corrected chi connectivity index (χ1v) is 6.52. The Balaban J connectivity index is 2.19. The van der Waals surface area contributed by atoms with Crippen LogP contribution in [-0.4, -0.2) is 39.3 Å². The van der Waals surface area contributed by atoms with Gasteiger partial charge < -0.3 is 14.0 Å². The van der Waals surface area contributed by atoms with Crippen LogP contribution in [0.5, 0.6) is 0 Å². The van der Waals surface area contributed by atoms with Crippen LogP contribution in [0.3, 0.4) is 0 Å². The Hall–Kier alpha value is -2.31. The predicted octanol–water partition coefficient (Wildman–Crippen LogP) is 1.27. The van der Waals surface area contributed by atoms with Crippen LogP contribution in [-0.2, 0) is 20.8 Å². The van der Waals surface area contributed by atoms with E-state index in [1.165, 1.54) is 6.20 Å². The maximum absolute atomic E-state index is 11.8. The highest BCUT2D eigenvalue weighted by Crippen LogP contribution is 2.14. The van der Waals surface area contributed by atoms with E-state index in [4.69, 9.17) is 9.47 Å². The average molecular weight is 279 g/mol. The van der Waals surface area contributed by atoms with Crippen molar-refractivity contribution in [3.63, 3.8) is 0 Å². The van der Waals surface area contributed by atoms with E-state index in [0.717, 1.165) is 0 Å². The molecule has 0 amide bonds. The molecule has 0 N–H and O–H groups in total. The third-order valence-electron chi connectivity index (χ3n) is 2.79. The summed E-state index contributed by atoms with van der Waals surface area (Å²) < 4.78 is 13.2. The maximum Gasteiger partial charge on any atom is 0.343 e. The van der Waals surface area contributed by atoms with Gasteiger partial charge in [-0.25, -0.2) is 9.31 Å².